The Bertz CT molecular complexity index is 1060. The third-order valence-electron chi connectivity index (χ3n) is 5.93. The third kappa shape index (κ3) is 9.44. The van der Waals surface area contributed by atoms with Crippen LogP contribution in [0.15, 0.2) is 42.5 Å². The lowest BCUT2D eigenvalue weighted by Gasteiger charge is -2.27. The van der Waals surface area contributed by atoms with Crippen LogP contribution in [0.2, 0.25) is 0 Å². The van der Waals surface area contributed by atoms with Crippen LogP contribution in [0, 0.1) is 6.92 Å². The predicted octanol–water partition coefficient (Wildman–Crippen LogP) is 4.92. The molecule has 2 atom stereocenters. The number of carbonyl (C=O) groups is 3. The number of rotatable bonds is 13. The fraction of sp³-hybridized carbons (Fsp3) is 0.483. The largest absolute Gasteiger partial charge is 0.490 e. The normalized spacial score (nSPS) is 12.7. The quantitative estimate of drug-likeness (QED) is 0.275. The molecule has 2 aromatic rings. The maximum Gasteiger partial charge on any atom is 0.303 e. The SMILES string of the molecule is CC[C@@H](COc1ccc(C(C)(C)c2ccc(OC[C@H](COC(C)=O)OC(C)=O)cc2)cc1C)OC(C)=O. The molecule has 0 aliphatic heterocycles. The Labute approximate surface area is 219 Å². The minimum absolute atomic E-state index is 0.0621. The molecule has 0 aliphatic carbocycles. The number of carbonyl (C=O) groups excluding carboxylic acids is 3. The first-order valence-electron chi connectivity index (χ1n) is 12.4. The Morgan fingerprint density at radius 2 is 1.32 bits per heavy atom. The van der Waals surface area contributed by atoms with Gasteiger partial charge in [-0.05, 0) is 48.2 Å². The summed E-state index contributed by atoms with van der Waals surface area (Å²) in [5, 5.41) is 0. The minimum atomic E-state index is -0.692. The maximum atomic E-state index is 11.3. The molecule has 202 valence electrons. The van der Waals surface area contributed by atoms with Crippen LogP contribution < -0.4 is 9.47 Å². The molecule has 8 heteroatoms. The number of ether oxygens (including phenoxy) is 5. The molecule has 2 aromatic carbocycles. The standard InChI is InChI=1S/C29H38O8/c1-8-25(36-21(4)31)16-35-28-14-11-24(15-19(28)2)29(6,7)23-9-12-26(13-10-23)34-18-27(37-22(5)32)17-33-20(3)30/h9-15,25,27H,8,16-18H2,1-7H3/t25-,27-/m0/s1. The molecule has 0 radical (unpaired) electrons. The van der Waals surface area contributed by atoms with E-state index in [1.54, 1.807) is 0 Å². The fourth-order valence-electron chi connectivity index (χ4n) is 3.74. The zero-order valence-electron chi connectivity index (χ0n) is 22.8. The summed E-state index contributed by atoms with van der Waals surface area (Å²) in [5.41, 5.74) is 2.91. The Balaban J connectivity index is 2.06. The highest BCUT2D eigenvalue weighted by Gasteiger charge is 2.24. The van der Waals surface area contributed by atoms with Gasteiger partial charge in [0.2, 0.25) is 0 Å². The lowest BCUT2D eigenvalue weighted by Crippen LogP contribution is -2.29. The van der Waals surface area contributed by atoms with Crippen molar-refractivity contribution in [2.75, 3.05) is 19.8 Å². The second-order valence-corrected chi connectivity index (χ2v) is 9.43. The molecule has 0 heterocycles. The molecular formula is C29H38O8. The fourth-order valence-corrected chi connectivity index (χ4v) is 3.74. The predicted molar refractivity (Wildman–Crippen MR) is 139 cm³/mol. The molecule has 0 amide bonds. The van der Waals surface area contributed by atoms with Crippen LogP contribution in [0.25, 0.3) is 0 Å². The number of hydrogen-bond acceptors (Lipinski definition) is 8. The van der Waals surface area contributed by atoms with Crippen molar-refractivity contribution in [1.82, 2.24) is 0 Å². The highest BCUT2D eigenvalue weighted by Crippen LogP contribution is 2.34. The molecule has 0 saturated heterocycles. The average molecular weight is 515 g/mol. The number of hydrogen-bond donors (Lipinski definition) is 0. The summed E-state index contributed by atoms with van der Waals surface area (Å²) in [7, 11) is 0. The van der Waals surface area contributed by atoms with Crippen molar-refractivity contribution in [3.05, 3.63) is 59.2 Å². The molecule has 0 spiro atoms. The zero-order chi connectivity index (χ0) is 27.6. The monoisotopic (exact) mass is 514 g/mol. The van der Waals surface area contributed by atoms with E-state index in [1.807, 2.05) is 50.2 Å². The first-order chi connectivity index (χ1) is 17.4. The maximum absolute atomic E-state index is 11.3. The van der Waals surface area contributed by atoms with Crippen LogP contribution in [0.3, 0.4) is 0 Å². The zero-order valence-corrected chi connectivity index (χ0v) is 22.8. The first kappa shape index (κ1) is 29.7. The molecule has 0 aromatic heterocycles. The van der Waals surface area contributed by atoms with Gasteiger partial charge in [-0.3, -0.25) is 14.4 Å². The van der Waals surface area contributed by atoms with Gasteiger partial charge >= 0.3 is 17.9 Å². The van der Waals surface area contributed by atoms with E-state index in [1.165, 1.54) is 20.8 Å². The van der Waals surface area contributed by atoms with Crippen LogP contribution in [-0.2, 0) is 34.0 Å². The first-order valence-corrected chi connectivity index (χ1v) is 12.4. The third-order valence-corrected chi connectivity index (χ3v) is 5.93. The molecule has 0 fully saturated rings. The average Bonchev–Trinajstić information content (AvgIpc) is 2.83. The van der Waals surface area contributed by atoms with Gasteiger partial charge in [0.25, 0.3) is 0 Å². The van der Waals surface area contributed by atoms with Crippen molar-refractivity contribution in [3.63, 3.8) is 0 Å². The molecular weight excluding hydrogens is 476 g/mol. The van der Waals surface area contributed by atoms with Crippen molar-refractivity contribution in [3.8, 4) is 11.5 Å². The Morgan fingerprint density at radius 1 is 0.757 bits per heavy atom. The highest BCUT2D eigenvalue weighted by atomic mass is 16.6. The van der Waals surface area contributed by atoms with Crippen molar-refractivity contribution in [2.24, 2.45) is 0 Å². The Hall–Kier alpha value is -3.55. The summed E-state index contributed by atoms with van der Waals surface area (Å²) in [6.45, 7) is 12.5. The second kappa shape index (κ2) is 13.7. The van der Waals surface area contributed by atoms with E-state index in [9.17, 15) is 14.4 Å². The van der Waals surface area contributed by atoms with Crippen LogP contribution in [-0.4, -0.2) is 49.9 Å². The summed E-state index contributed by atoms with van der Waals surface area (Å²) < 4.78 is 27.1. The highest BCUT2D eigenvalue weighted by molar-refractivity contribution is 5.67. The van der Waals surface area contributed by atoms with Gasteiger partial charge in [0.05, 0.1) is 0 Å². The molecule has 37 heavy (non-hydrogen) atoms. The van der Waals surface area contributed by atoms with Crippen LogP contribution >= 0.6 is 0 Å². The van der Waals surface area contributed by atoms with Gasteiger partial charge in [0.1, 0.15) is 37.4 Å². The minimum Gasteiger partial charge on any atom is -0.490 e. The van der Waals surface area contributed by atoms with Crippen molar-refractivity contribution in [2.45, 2.75) is 72.5 Å². The second-order valence-electron chi connectivity index (χ2n) is 9.43. The van der Waals surface area contributed by atoms with E-state index in [-0.39, 0.29) is 30.7 Å². The Kier molecular flexibility index (Phi) is 11.0. The summed E-state index contributed by atoms with van der Waals surface area (Å²) in [4.78, 5) is 33.6. The molecule has 0 bridgehead atoms. The summed E-state index contributed by atoms with van der Waals surface area (Å²) >= 11 is 0. The molecule has 8 nitrogen and oxygen atoms in total. The van der Waals surface area contributed by atoms with Crippen LogP contribution in [0.1, 0.15) is 64.7 Å². The van der Waals surface area contributed by atoms with Crippen LogP contribution in [0.4, 0.5) is 0 Å². The van der Waals surface area contributed by atoms with Gasteiger partial charge in [-0.25, -0.2) is 0 Å². The number of benzene rings is 2. The lowest BCUT2D eigenvalue weighted by atomic mass is 9.77. The van der Waals surface area contributed by atoms with Gasteiger partial charge in [0, 0.05) is 26.2 Å². The van der Waals surface area contributed by atoms with E-state index in [2.05, 4.69) is 19.9 Å². The molecule has 2 rings (SSSR count). The van der Waals surface area contributed by atoms with Gasteiger partial charge < -0.3 is 23.7 Å². The smallest absolute Gasteiger partial charge is 0.303 e. The topological polar surface area (TPSA) is 97.4 Å². The summed E-state index contributed by atoms with van der Waals surface area (Å²) in [6, 6.07) is 13.8. The summed E-state index contributed by atoms with van der Waals surface area (Å²) in [5.74, 6) is 0.124. The van der Waals surface area contributed by atoms with Crippen molar-refractivity contribution >= 4 is 17.9 Å². The Morgan fingerprint density at radius 3 is 1.86 bits per heavy atom. The van der Waals surface area contributed by atoms with Gasteiger partial charge in [-0.1, -0.05) is 45.0 Å². The van der Waals surface area contributed by atoms with Gasteiger partial charge in [-0.15, -0.1) is 0 Å². The molecule has 0 unspecified atom stereocenters. The van der Waals surface area contributed by atoms with E-state index in [0.717, 1.165) is 22.4 Å². The van der Waals surface area contributed by atoms with E-state index >= 15 is 0 Å². The van der Waals surface area contributed by atoms with E-state index in [0.29, 0.717) is 18.8 Å². The number of aryl methyl sites for hydroxylation is 1. The molecule has 0 N–H and O–H groups in total. The molecule has 0 saturated carbocycles. The molecule has 0 aliphatic rings. The van der Waals surface area contributed by atoms with E-state index in [4.69, 9.17) is 23.7 Å². The summed E-state index contributed by atoms with van der Waals surface area (Å²) in [6.07, 6.45) is -0.289. The van der Waals surface area contributed by atoms with Crippen molar-refractivity contribution < 1.29 is 38.1 Å². The lowest BCUT2D eigenvalue weighted by molar-refractivity contribution is -0.158. The van der Waals surface area contributed by atoms with Gasteiger partial charge in [0.15, 0.2) is 6.10 Å². The van der Waals surface area contributed by atoms with Gasteiger partial charge in [-0.2, -0.15) is 0 Å². The van der Waals surface area contributed by atoms with E-state index < -0.39 is 18.0 Å². The van der Waals surface area contributed by atoms with Crippen molar-refractivity contribution in [1.29, 1.82) is 0 Å². The van der Waals surface area contributed by atoms with Crippen LogP contribution in [0.5, 0.6) is 11.5 Å². The number of esters is 3.